The van der Waals surface area contributed by atoms with Crippen LogP contribution in [0.25, 0.3) is 0 Å². The van der Waals surface area contributed by atoms with Gasteiger partial charge in [0.05, 0.1) is 0 Å². The molecule has 2 N–H and O–H groups in total. The van der Waals surface area contributed by atoms with Gasteiger partial charge in [0.15, 0.2) is 0 Å². The van der Waals surface area contributed by atoms with Crippen molar-refractivity contribution < 1.29 is 0 Å². The van der Waals surface area contributed by atoms with E-state index in [1.165, 1.54) is 31.5 Å². The Morgan fingerprint density at radius 3 is 2.56 bits per heavy atom. The number of likely N-dealkylation sites (tertiary alicyclic amines) is 1. The predicted octanol–water partition coefficient (Wildman–Crippen LogP) is 3.79. The third kappa shape index (κ3) is 3.39. The summed E-state index contributed by atoms with van der Waals surface area (Å²) in [6.07, 6.45) is 2.62. The highest BCUT2D eigenvalue weighted by molar-refractivity contribution is 6.30. The van der Waals surface area contributed by atoms with Gasteiger partial charge in [0, 0.05) is 17.3 Å². The molecular formula is C15H23ClN2. The van der Waals surface area contributed by atoms with Gasteiger partial charge in [-0.1, -0.05) is 31.5 Å². The molecule has 2 nitrogen and oxygen atoms in total. The van der Waals surface area contributed by atoms with Gasteiger partial charge in [-0.3, -0.25) is 4.90 Å². The lowest BCUT2D eigenvalue weighted by molar-refractivity contribution is 0.152. The molecule has 1 fully saturated rings. The first kappa shape index (κ1) is 13.7. The maximum atomic E-state index is 6.00. The second-order valence-electron chi connectivity index (χ2n) is 5.70. The van der Waals surface area contributed by atoms with Gasteiger partial charge in [-0.25, -0.2) is 0 Å². The van der Waals surface area contributed by atoms with E-state index in [1.54, 1.807) is 0 Å². The summed E-state index contributed by atoms with van der Waals surface area (Å²) in [7, 11) is 0. The van der Waals surface area contributed by atoms with Crippen molar-refractivity contribution in [3.05, 3.63) is 28.8 Å². The maximum absolute atomic E-state index is 6.00. The molecule has 1 aliphatic heterocycles. The number of hydrogen-bond acceptors (Lipinski definition) is 2. The molecule has 0 aromatic heterocycles. The number of piperidine rings is 1. The summed E-state index contributed by atoms with van der Waals surface area (Å²) in [6, 6.07) is 5.82. The number of anilines is 1. The molecule has 0 amide bonds. The van der Waals surface area contributed by atoms with E-state index < -0.39 is 0 Å². The van der Waals surface area contributed by atoms with E-state index >= 15 is 0 Å². The van der Waals surface area contributed by atoms with Crippen molar-refractivity contribution in [2.75, 3.05) is 18.8 Å². The molecule has 0 saturated carbocycles. The van der Waals surface area contributed by atoms with Crippen LogP contribution in [-0.2, 0) is 6.54 Å². The van der Waals surface area contributed by atoms with Crippen LogP contribution in [0.3, 0.4) is 0 Å². The van der Waals surface area contributed by atoms with Crippen LogP contribution in [-0.4, -0.2) is 18.0 Å². The highest BCUT2D eigenvalue weighted by atomic mass is 35.5. The fraction of sp³-hybridized carbons (Fsp3) is 0.600. The van der Waals surface area contributed by atoms with Crippen LogP contribution < -0.4 is 5.73 Å². The minimum atomic E-state index is 0.717. The van der Waals surface area contributed by atoms with Crippen molar-refractivity contribution in [2.45, 2.75) is 33.2 Å². The van der Waals surface area contributed by atoms with E-state index in [-0.39, 0.29) is 0 Å². The highest BCUT2D eigenvalue weighted by Gasteiger charge is 2.21. The van der Waals surface area contributed by atoms with Gasteiger partial charge >= 0.3 is 0 Å². The summed E-state index contributed by atoms with van der Waals surface area (Å²) in [6.45, 7) is 7.98. The molecule has 0 radical (unpaired) electrons. The molecule has 1 aromatic carbocycles. The van der Waals surface area contributed by atoms with E-state index in [4.69, 9.17) is 17.3 Å². The molecule has 2 rings (SSSR count). The van der Waals surface area contributed by atoms with Gasteiger partial charge in [0.25, 0.3) is 0 Å². The average molecular weight is 267 g/mol. The second-order valence-corrected chi connectivity index (χ2v) is 6.14. The summed E-state index contributed by atoms with van der Waals surface area (Å²) < 4.78 is 0. The Balaban J connectivity index is 1.91. The molecule has 100 valence electrons. The number of nitrogens with zero attached hydrogens (tertiary/aromatic N) is 1. The number of benzene rings is 1. The Hall–Kier alpha value is -0.730. The lowest BCUT2D eigenvalue weighted by Crippen LogP contribution is -2.34. The maximum Gasteiger partial charge on any atom is 0.0426 e. The van der Waals surface area contributed by atoms with E-state index in [0.29, 0.717) is 0 Å². The minimum Gasteiger partial charge on any atom is -0.398 e. The fourth-order valence-corrected chi connectivity index (χ4v) is 2.91. The Bertz CT molecular complexity index is 395. The van der Waals surface area contributed by atoms with Gasteiger partial charge in [0.2, 0.25) is 0 Å². The number of nitrogen functional groups attached to an aromatic ring is 1. The first-order valence-electron chi connectivity index (χ1n) is 6.82. The van der Waals surface area contributed by atoms with Crippen LogP contribution in [0.2, 0.25) is 5.02 Å². The Kier molecular flexibility index (Phi) is 4.52. The first-order valence-corrected chi connectivity index (χ1v) is 7.20. The summed E-state index contributed by atoms with van der Waals surface area (Å²) in [5, 5.41) is 0.717. The zero-order valence-electron chi connectivity index (χ0n) is 11.3. The number of rotatable bonds is 3. The van der Waals surface area contributed by atoms with Crippen molar-refractivity contribution in [3.8, 4) is 0 Å². The fourth-order valence-electron chi connectivity index (χ4n) is 2.73. The summed E-state index contributed by atoms with van der Waals surface area (Å²) in [5.74, 6) is 1.71. The molecule has 0 atom stereocenters. The van der Waals surface area contributed by atoms with Crippen molar-refractivity contribution in [2.24, 2.45) is 11.8 Å². The van der Waals surface area contributed by atoms with Crippen molar-refractivity contribution in [1.82, 2.24) is 4.90 Å². The quantitative estimate of drug-likeness (QED) is 0.844. The molecule has 3 heteroatoms. The van der Waals surface area contributed by atoms with Gasteiger partial charge in [0.1, 0.15) is 0 Å². The van der Waals surface area contributed by atoms with Gasteiger partial charge in [-0.15, -0.1) is 0 Å². The summed E-state index contributed by atoms with van der Waals surface area (Å²) in [4.78, 5) is 2.50. The van der Waals surface area contributed by atoms with E-state index in [1.807, 2.05) is 18.2 Å². The molecule has 0 bridgehead atoms. The summed E-state index contributed by atoms with van der Waals surface area (Å²) in [5.41, 5.74) is 8.01. The van der Waals surface area contributed by atoms with Crippen molar-refractivity contribution in [1.29, 1.82) is 0 Å². The van der Waals surface area contributed by atoms with Gasteiger partial charge < -0.3 is 5.73 Å². The SMILES string of the molecule is CC(C)C1CCN(Cc2ccc(Cl)cc2N)CC1. The van der Waals surface area contributed by atoms with Crippen LogP contribution in [0.1, 0.15) is 32.3 Å². The Labute approximate surface area is 115 Å². The third-order valence-electron chi connectivity index (χ3n) is 4.08. The van der Waals surface area contributed by atoms with Gasteiger partial charge in [-0.2, -0.15) is 0 Å². The van der Waals surface area contributed by atoms with Gasteiger partial charge in [-0.05, 0) is 55.5 Å². The molecule has 0 unspecified atom stereocenters. The number of nitrogens with two attached hydrogens (primary N) is 1. The monoisotopic (exact) mass is 266 g/mol. The molecule has 1 saturated heterocycles. The van der Waals surface area contributed by atoms with Crippen LogP contribution in [0.15, 0.2) is 18.2 Å². The van der Waals surface area contributed by atoms with E-state index in [2.05, 4.69) is 18.7 Å². The normalized spacial score (nSPS) is 18.4. The van der Waals surface area contributed by atoms with Crippen molar-refractivity contribution >= 4 is 17.3 Å². The van der Waals surface area contributed by atoms with Crippen LogP contribution >= 0.6 is 11.6 Å². The number of halogens is 1. The van der Waals surface area contributed by atoms with Crippen LogP contribution in [0, 0.1) is 11.8 Å². The molecule has 0 aliphatic carbocycles. The lowest BCUT2D eigenvalue weighted by atomic mass is 9.86. The molecule has 1 aliphatic rings. The number of hydrogen-bond donors (Lipinski definition) is 1. The minimum absolute atomic E-state index is 0.717. The van der Waals surface area contributed by atoms with Crippen LogP contribution in [0.4, 0.5) is 5.69 Å². The van der Waals surface area contributed by atoms with Crippen LogP contribution in [0.5, 0.6) is 0 Å². The van der Waals surface area contributed by atoms with Crippen molar-refractivity contribution in [3.63, 3.8) is 0 Å². The standard InChI is InChI=1S/C15H23ClN2/c1-11(2)12-5-7-18(8-6-12)10-13-3-4-14(16)9-15(13)17/h3-4,9,11-12H,5-8,10,17H2,1-2H3. The molecule has 0 spiro atoms. The Morgan fingerprint density at radius 2 is 2.00 bits per heavy atom. The second kappa shape index (κ2) is 5.94. The van der Waals surface area contributed by atoms with E-state index in [0.717, 1.165) is 29.1 Å². The largest absolute Gasteiger partial charge is 0.398 e. The predicted molar refractivity (Wildman–Crippen MR) is 78.7 cm³/mol. The smallest absolute Gasteiger partial charge is 0.0426 e. The topological polar surface area (TPSA) is 29.3 Å². The first-order chi connectivity index (χ1) is 8.56. The molecule has 18 heavy (non-hydrogen) atoms. The highest BCUT2D eigenvalue weighted by Crippen LogP contribution is 2.26. The molecule has 1 aromatic rings. The molecule has 1 heterocycles. The third-order valence-corrected chi connectivity index (χ3v) is 4.31. The van der Waals surface area contributed by atoms with E-state index in [9.17, 15) is 0 Å². The average Bonchev–Trinajstić information content (AvgIpc) is 2.33. The zero-order chi connectivity index (χ0) is 13.1. The zero-order valence-corrected chi connectivity index (χ0v) is 12.1. The lowest BCUT2D eigenvalue weighted by Gasteiger charge is -2.34. The summed E-state index contributed by atoms with van der Waals surface area (Å²) >= 11 is 5.92. The Morgan fingerprint density at radius 1 is 1.33 bits per heavy atom. The molecular weight excluding hydrogens is 244 g/mol.